The van der Waals surface area contributed by atoms with Crippen LogP contribution in [0.1, 0.15) is 48.9 Å². The molecule has 1 aromatic rings. The first-order valence-electron chi connectivity index (χ1n) is 6.62. The summed E-state index contributed by atoms with van der Waals surface area (Å²) < 4.78 is 11.7. The second kappa shape index (κ2) is 4.14. The van der Waals surface area contributed by atoms with Gasteiger partial charge in [0.05, 0.1) is 12.7 Å². The average Bonchev–Trinajstić information content (AvgIpc) is 2.88. The fourth-order valence-electron chi connectivity index (χ4n) is 3.22. The highest BCUT2D eigenvalue weighted by Gasteiger charge is 2.38. The molecule has 0 aromatic carbocycles. The fourth-order valence-corrected chi connectivity index (χ4v) is 3.22. The molecule has 1 aromatic heterocycles. The molecule has 3 heteroatoms. The molecule has 1 atom stereocenters. The summed E-state index contributed by atoms with van der Waals surface area (Å²) in [6.07, 6.45) is 5.38. The number of hydrogen-bond donors (Lipinski definition) is 1. The van der Waals surface area contributed by atoms with Crippen LogP contribution in [0.2, 0.25) is 0 Å². The third-order valence-electron chi connectivity index (χ3n) is 4.21. The van der Waals surface area contributed by atoms with E-state index >= 15 is 0 Å². The maximum absolute atomic E-state index is 6.07. The molecule has 3 nitrogen and oxygen atoms in total. The number of ether oxygens (including phenoxy) is 1. The molecule has 1 aliphatic heterocycles. The maximum Gasteiger partial charge on any atom is 0.106 e. The van der Waals surface area contributed by atoms with Crippen molar-refractivity contribution in [1.29, 1.82) is 0 Å². The molecule has 0 radical (unpaired) electrons. The van der Waals surface area contributed by atoms with Gasteiger partial charge in [-0.25, -0.2) is 0 Å². The normalized spacial score (nSPS) is 27.8. The summed E-state index contributed by atoms with van der Waals surface area (Å²) in [5.41, 5.74) is 1.49. The number of furan rings is 1. The van der Waals surface area contributed by atoms with Gasteiger partial charge >= 0.3 is 0 Å². The van der Waals surface area contributed by atoms with Gasteiger partial charge in [-0.15, -0.1) is 0 Å². The van der Waals surface area contributed by atoms with Crippen LogP contribution in [0.5, 0.6) is 0 Å². The first kappa shape index (κ1) is 11.3. The predicted molar refractivity (Wildman–Crippen MR) is 66.1 cm³/mol. The quantitative estimate of drug-likeness (QED) is 0.812. The molecule has 2 fully saturated rings. The smallest absolute Gasteiger partial charge is 0.106 e. The minimum absolute atomic E-state index is 0.165. The highest BCUT2D eigenvalue weighted by molar-refractivity contribution is 5.24. The number of rotatable bonds is 1. The molecule has 94 valence electrons. The number of morpholine rings is 1. The summed E-state index contributed by atoms with van der Waals surface area (Å²) in [5, 5.41) is 3.71. The molecule has 0 amide bonds. The zero-order valence-electron chi connectivity index (χ0n) is 10.7. The van der Waals surface area contributed by atoms with Gasteiger partial charge in [-0.3, -0.25) is 0 Å². The minimum atomic E-state index is 0.165. The van der Waals surface area contributed by atoms with Gasteiger partial charge in [-0.1, -0.05) is 12.8 Å². The van der Waals surface area contributed by atoms with Gasteiger partial charge in [-0.2, -0.15) is 0 Å². The largest absolute Gasteiger partial charge is 0.466 e. The van der Waals surface area contributed by atoms with Crippen LogP contribution in [0.25, 0.3) is 0 Å². The van der Waals surface area contributed by atoms with Crippen molar-refractivity contribution in [1.82, 2.24) is 5.32 Å². The van der Waals surface area contributed by atoms with E-state index in [9.17, 15) is 0 Å². The van der Waals surface area contributed by atoms with E-state index in [1.807, 2.05) is 13.8 Å². The molecule has 1 saturated heterocycles. The van der Waals surface area contributed by atoms with Crippen molar-refractivity contribution >= 4 is 0 Å². The van der Waals surface area contributed by atoms with Gasteiger partial charge in [-0.05, 0) is 32.8 Å². The molecule has 2 aliphatic rings. The molecular weight excluding hydrogens is 214 g/mol. The van der Waals surface area contributed by atoms with E-state index in [0.29, 0.717) is 0 Å². The van der Waals surface area contributed by atoms with Gasteiger partial charge in [0, 0.05) is 17.6 Å². The van der Waals surface area contributed by atoms with Gasteiger partial charge in [0.1, 0.15) is 11.5 Å². The van der Waals surface area contributed by atoms with E-state index < -0.39 is 0 Å². The lowest BCUT2D eigenvalue weighted by atomic mass is 9.95. The van der Waals surface area contributed by atoms with E-state index in [4.69, 9.17) is 9.15 Å². The Labute approximate surface area is 103 Å². The molecule has 17 heavy (non-hydrogen) atoms. The van der Waals surface area contributed by atoms with Crippen LogP contribution in [0, 0.1) is 13.8 Å². The second-order valence-electron chi connectivity index (χ2n) is 5.54. The lowest BCUT2D eigenvalue weighted by Crippen LogP contribution is -2.53. The Morgan fingerprint density at radius 1 is 1.29 bits per heavy atom. The summed E-state index contributed by atoms with van der Waals surface area (Å²) in [5.74, 6) is 1.97. The Morgan fingerprint density at radius 2 is 2.06 bits per heavy atom. The summed E-state index contributed by atoms with van der Waals surface area (Å²) in [7, 11) is 0. The van der Waals surface area contributed by atoms with Crippen LogP contribution < -0.4 is 5.32 Å². The Bertz CT molecular complexity index is 394. The lowest BCUT2D eigenvalue weighted by molar-refractivity contribution is -0.0331. The van der Waals surface area contributed by atoms with Crippen molar-refractivity contribution in [3.8, 4) is 0 Å². The number of hydrogen-bond acceptors (Lipinski definition) is 3. The molecule has 1 N–H and O–H groups in total. The van der Waals surface area contributed by atoms with Crippen molar-refractivity contribution in [3.63, 3.8) is 0 Å². The minimum Gasteiger partial charge on any atom is -0.466 e. The van der Waals surface area contributed by atoms with Crippen molar-refractivity contribution in [2.24, 2.45) is 0 Å². The van der Waals surface area contributed by atoms with Crippen molar-refractivity contribution in [2.45, 2.75) is 51.2 Å². The van der Waals surface area contributed by atoms with Crippen LogP contribution >= 0.6 is 0 Å². The van der Waals surface area contributed by atoms with E-state index in [1.165, 1.54) is 31.2 Å². The molecule has 2 heterocycles. The lowest BCUT2D eigenvalue weighted by Gasteiger charge is -2.38. The van der Waals surface area contributed by atoms with Crippen LogP contribution in [-0.4, -0.2) is 18.7 Å². The van der Waals surface area contributed by atoms with Gasteiger partial charge in [0.25, 0.3) is 0 Å². The zero-order valence-corrected chi connectivity index (χ0v) is 10.7. The Morgan fingerprint density at radius 3 is 2.59 bits per heavy atom. The Balaban J connectivity index is 1.70. The highest BCUT2D eigenvalue weighted by atomic mass is 16.5. The predicted octanol–water partition coefficient (Wildman–Crippen LogP) is 2.87. The third-order valence-corrected chi connectivity index (χ3v) is 4.21. The topological polar surface area (TPSA) is 34.4 Å². The number of aryl methyl sites for hydroxylation is 2. The van der Waals surface area contributed by atoms with Crippen LogP contribution in [0.3, 0.4) is 0 Å². The van der Waals surface area contributed by atoms with Crippen molar-refractivity contribution in [2.75, 3.05) is 13.2 Å². The van der Waals surface area contributed by atoms with Crippen LogP contribution in [-0.2, 0) is 4.74 Å². The monoisotopic (exact) mass is 235 g/mol. The Kier molecular flexibility index (Phi) is 2.75. The van der Waals surface area contributed by atoms with E-state index in [1.54, 1.807) is 0 Å². The summed E-state index contributed by atoms with van der Waals surface area (Å²) in [4.78, 5) is 0. The SMILES string of the molecule is Cc1cc(C2CNC3(CCCC3)CO2)c(C)o1. The summed E-state index contributed by atoms with van der Waals surface area (Å²) in [6.45, 7) is 5.78. The molecule has 1 aliphatic carbocycles. The van der Waals surface area contributed by atoms with Gasteiger partial charge < -0.3 is 14.5 Å². The molecule has 3 rings (SSSR count). The molecular formula is C14H21NO2. The van der Waals surface area contributed by atoms with Gasteiger partial charge in [0.2, 0.25) is 0 Å². The third kappa shape index (κ3) is 2.02. The maximum atomic E-state index is 6.07. The summed E-state index contributed by atoms with van der Waals surface area (Å²) in [6, 6.07) is 2.11. The highest BCUT2D eigenvalue weighted by Crippen LogP contribution is 2.36. The van der Waals surface area contributed by atoms with Crippen LogP contribution in [0.15, 0.2) is 10.5 Å². The molecule has 0 bridgehead atoms. The van der Waals surface area contributed by atoms with E-state index in [2.05, 4.69) is 11.4 Å². The van der Waals surface area contributed by atoms with E-state index in [-0.39, 0.29) is 11.6 Å². The second-order valence-corrected chi connectivity index (χ2v) is 5.54. The number of nitrogens with one attached hydrogen (secondary N) is 1. The van der Waals surface area contributed by atoms with Crippen LogP contribution in [0.4, 0.5) is 0 Å². The first-order chi connectivity index (χ1) is 8.19. The molecule has 1 saturated carbocycles. The Hall–Kier alpha value is -0.800. The van der Waals surface area contributed by atoms with Crippen molar-refractivity contribution in [3.05, 3.63) is 23.2 Å². The standard InChI is InChI=1S/C14H21NO2/c1-10-7-12(11(2)17-10)13-8-15-14(9-16-13)5-3-4-6-14/h7,13,15H,3-6,8-9H2,1-2H3. The zero-order chi connectivity index (χ0) is 11.9. The van der Waals surface area contributed by atoms with E-state index in [0.717, 1.165) is 24.7 Å². The van der Waals surface area contributed by atoms with Crippen molar-refractivity contribution < 1.29 is 9.15 Å². The molecule has 1 spiro atoms. The average molecular weight is 235 g/mol. The summed E-state index contributed by atoms with van der Waals surface area (Å²) >= 11 is 0. The van der Waals surface area contributed by atoms with Gasteiger partial charge in [0.15, 0.2) is 0 Å². The fraction of sp³-hybridized carbons (Fsp3) is 0.714. The first-order valence-corrected chi connectivity index (χ1v) is 6.62. The molecule has 1 unspecified atom stereocenters.